The van der Waals surface area contributed by atoms with Crippen LogP contribution in [0.4, 0.5) is 0 Å². The SMILES string of the molecule is O=C1CCC(N2Cc3cc(C4(O)CCNCC4)ccc3C2=O)C(=O)N1. The lowest BCUT2D eigenvalue weighted by atomic mass is 9.84. The first-order chi connectivity index (χ1) is 12.0. The minimum absolute atomic E-state index is 0.187. The Morgan fingerprint density at radius 2 is 1.92 bits per heavy atom. The van der Waals surface area contributed by atoms with Crippen LogP contribution in [0.2, 0.25) is 0 Å². The van der Waals surface area contributed by atoms with Gasteiger partial charge in [-0.05, 0) is 49.5 Å². The Labute approximate surface area is 145 Å². The van der Waals surface area contributed by atoms with Crippen molar-refractivity contribution < 1.29 is 19.5 Å². The summed E-state index contributed by atoms with van der Waals surface area (Å²) in [5, 5.41) is 16.4. The number of imide groups is 1. The molecule has 0 aromatic heterocycles. The maximum atomic E-state index is 12.7. The van der Waals surface area contributed by atoms with E-state index in [-0.39, 0.29) is 18.2 Å². The van der Waals surface area contributed by atoms with E-state index in [0.717, 1.165) is 24.2 Å². The number of aliphatic hydroxyl groups is 1. The van der Waals surface area contributed by atoms with Crippen LogP contribution in [0.25, 0.3) is 0 Å². The van der Waals surface area contributed by atoms with Crippen LogP contribution < -0.4 is 10.6 Å². The van der Waals surface area contributed by atoms with Gasteiger partial charge in [0.25, 0.3) is 5.91 Å². The number of amides is 3. The molecule has 25 heavy (non-hydrogen) atoms. The Morgan fingerprint density at radius 3 is 2.64 bits per heavy atom. The molecule has 3 aliphatic heterocycles. The van der Waals surface area contributed by atoms with Crippen molar-refractivity contribution in [3.05, 3.63) is 34.9 Å². The molecule has 7 nitrogen and oxygen atoms in total. The maximum absolute atomic E-state index is 12.7. The Balaban J connectivity index is 1.59. The van der Waals surface area contributed by atoms with E-state index in [4.69, 9.17) is 0 Å². The molecule has 2 saturated heterocycles. The molecular weight excluding hydrogens is 322 g/mol. The lowest BCUT2D eigenvalue weighted by molar-refractivity contribution is -0.136. The van der Waals surface area contributed by atoms with Gasteiger partial charge in [-0.25, -0.2) is 0 Å². The van der Waals surface area contributed by atoms with Crippen LogP contribution in [0.15, 0.2) is 18.2 Å². The predicted molar refractivity (Wildman–Crippen MR) is 88.5 cm³/mol. The van der Waals surface area contributed by atoms with Gasteiger partial charge in [0.15, 0.2) is 0 Å². The molecular formula is C18H21N3O4. The molecule has 1 aromatic rings. The quantitative estimate of drug-likeness (QED) is 0.658. The van der Waals surface area contributed by atoms with Crippen molar-refractivity contribution in [1.82, 2.24) is 15.5 Å². The molecule has 1 aromatic carbocycles. The minimum atomic E-state index is -0.870. The van der Waals surface area contributed by atoms with Crippen LogP contribution in [0.5, 0.6) is 0 Å². The first kappa shape index (κ1) is 16.2. The van der Waals surface area contributed by atoms with Crippen molar-refractivity contribution >= 4 is 17.7 Å². The molecule has 7 heteroatoms. The summed E-state index contributed by atoms with van der Waals surface area (Å²) in [5.41, 5.74) is 1.36. The van der Waals surface area contributed by atoms with Gasteiger partial charge in [-0.3, -0.25) is 19.7 Å². The largest absolute Gasteiger partial charge is 0.385 e. The molecule has 1 unspecified atom stereocenters. The van der Waals surface area contributed by atoms with Gasteiger partial charge in [0.05, 0.1) is 5.60 Å². The van der Waals surface area contributed by atoms with E-state index in [1.54, 1.807) is 6.07 Å². The summed E-state index contributed by atoms with van der Waals surface area (Å²) in [5.74, 6) is -0.885. The van der Waals surface area contributed by atoms with Gasteiger partial charge in [0.2, 0.25) is 11.8 Å². The lowest BCUT2D eigenvalue weighted by Crippen LogP contribution is -2.52. The number of carbonyl (C=O) groups is 3. The molecule has 1 atom stereocenters. The molecule has 2 fully saturated rings. The molecule has 3 heterocycles. The van der Waals surface area contributed by atoms with Crippen LogP contribution in [0.1, 0.15) is 47.2 Å². The summed E-state index contributed by atoms with van der Waals surface area (Å²) < 4.78 is 0. The van der Waals surface area contributed by atoms with Crippen molar-refractivity contribution in [2.24, 2.45) is 0 Å². The molecule has 0 radical (unpaired) electrons. The van der Waals surface area contributed by atoms with Crippen LogP contribution in [-0.4, -0.2) is 46.9 Å². The first-order valence-electron chi connectivity index (χ1n) is 8.69. The Morgan fingerprint density at radius 1 is 1.16 bits per heavy atom. The van der Waals surface area contributed by atoms with Gasteiger partial charge in [-0.1, -0.05) is 12.1 Å². The third-order valence-electron chi connectivity index (χ3n) is 5.49. The smallest absolute Gasteiger partial charge is 0.255 e. The molecule has 0 spiro atoms. The second kappa shape index (κ2) is 5.93. The van der Waals surface area contributed by atoms with Crippen LogP contribution >= 0.6 is 0 Å². The number of nitrogens with zero attached hydrogens (tertiary/aromatic N) is 1. The van der Waals surface area contributed by atoms with Crippen LogP contribution in [0.3, 0.4) is 0 Å². The molecule has 0 saturated carbocycles. The molecule has 132 valence electrons. The number of benzene rings is 1. The van der Waals surface area contributed by atoms with Crippen molar-refractivity contribution in [2.45, 2.75) is 43.9 Å². The number of hydrogen-bond donors (Lipinski definition) is 3. The molecule has 3 aliphatic rings. The zero-order valence-corrected chi connectivity index (χ0v) is 13.9. The number of nitrogens with one attached hydrogen (secondary N) is 2. The van der Waals surface area contributed by atoms with E-state index >= 15 is 0 Å². The van der Waals surface area contributed by atoms with Gasteiger partial charge >= 0.3 is 0 Å². The second-order valence-corrected chi connectivity index (χ2v) is 7.05. The van der Waals surface area contributed by atoms with Crippen LogP contribution in [-0.2, 0) is 21.7 Å². The Kier molecular flexibility index (Phi) is 3.85. The van der Waals surface area contributed by atoms with E-state index in [2.05, 4.69) is 10.6 Å². The van der Waals surface area contributed by atoms with Crippen molar-refractivity contribution in [1.29, 1.82) is 0 Å². The maximum Gasteiger partial charge on any atom is 0.255 e. The number of hydrogen-bond acceptors (Lipinski definition) is 5. The monoisotopic (exact) mass is 343 g/mol. The number of rotatable bonds is 2. The van der Waals surface area contributed by atoms with Gasteiger partial charge in [-0.2, -0.15) is 0 Å². The summed E-state index contributed by atoms with van der Waals surface area (Å²) in [6, 6.07) is 4.85. The summed E-state index contributed by atoms with van der Waals surface area (Å²) >= 11 is 0. The fourth-order valence-electron chi connectivity index (χ4n) is 3.99. The third kappa shape index (κ3) is 2.73. The standard InChI is InChI=1S/C18H21N3O4/c22-15-4-3-14(16(23)20-15)21-10-11-9-12(1-2-13(11)17(21)24)18(25)5-7-19-8-6-18/h1-2,9,14,19,25H,3-8,10H2,(H,20,22,23). The lowest BCUT2D eigenvalue weighted by Gasteiger charge is -2.33. The highest BCUT2D eigenvalue weighted by atomic mass is 16.3. The zero-order chi connectivity index (χ0) is 17.6. The van der Waals surface area contributed by atoms with Gasteiger partial charge in [0.1, 0.15) is 6.04 Å². The van der Waals surface area contributed by atoms with E-state index in [1.165, 1.54) is 4.90 Å². The predicted octanol–water partition coefficient (Wildman–Crippen LogP) is 0.0186. The fourth-order valence-corrected chi connectivity index (χ4v) is 3.99. The number of piperidine rings is 2. The summed E-state index contributed by atoms with van der Waals surface area (Å²) in [4.78, 5) is 37.6. The molecule has 3 N–H and O–H groups in total. The summed E-state index contributed by atoms with van der Waals surface area (Å²) in [6.07, 6.45) is 1.87. The fraction of sp³-hybridized carbons (Fsp3) is 0.500. The summed E-state index contributed by atoms with van der Waals surface area (Å²) in [6.45, 7) is 1.85. The highest BCUT2D eigenvalue weighted by molar-refractivity contribution is 6.05. The molecule has 4 rings (SSSR count). The van der Waals surface area contributed by atoms with E-state index in [0.29, 0.717) is 31.4 Å². The normalized spacial score (nSPS) is 25.7. The zero-order valence-electron chi connectivity index (χ0n) is 13.9. The topological polar surface area (TPSA) is 98.7 Å². The Hall–Kier alpha value is -2.25. The molecule has 0 bridgehead atoms. The van der Waals surface area contributed by atoms with E-state index in [9.17, 15) is 19.5 Å². The van der Waals surface area contributed by atoms with Gasteiger partial charge in [-0.15, -0.1) is 0 Å². The van der Waals surface area contributed by atoms with E-state index in [1.807, 2.05) is 12.1 Å². The Bertz CT molecular complexity index is 755. The molecule has 0 aliphatic carbocycles. The van der Waals surface area contributed by atoms with Crippen molar-refractivity contribution in [2.75, 3.05) is 13.1 Å². The van der Waals surface area contributed by atoms with E-state index < -0.39 is 17.6 Å². The number of carbonyl (C=O) groups excluding carboxylic acids is 3. The highest BCUT2D eigenvalue weighted by Gasteiger charge is 2.40. The third-order valence-corrected chi connectivity index (χ3v) is 5.49. The molecule has 3 amide bonds. The summed E-state index contributed by atoms with van der Waals surface area (Å²) in [7, 11) is 0. The highest BCUT2D eigenvalue weighted by Crippen LogP contribution is 2.35. The van der Waals surface area contributed by atoms with Crippen molar-refractivity contribution in [3.8, 4) is 0 Å². The van der Waals surface area contributed by atoms with Gasteiger partial charge < -0.3 is 15.3 Å². The average molecular weight is 343 g/mol. The number of fused-ring (bicyclic) bond motifs is 1. The first-order valence-corrected chi connectivity index (χ1v) is 8.69. The second-order valence-electron chi connectivity index (χ2n) is 7.05. The van der Waals surface area contributed by atoms with Crippen molar-refractivity contribution in [3.63, 3.8) is 0 Å². The van der Waals surface area contributed by atoms with Crippen LogP contribution in [0, 0.1) is 0 Å². The minimum Gasteiger partial charge on any atom is -0.385 e. The average Bonchev–Trinajstić information content (AvgIpc) is 2.92. The van der Waals surface area contributed by atoms with Gasteiger partial charge in [0, 0.05) is 18.5 Å².